The zero-order valence-corrected chi connectivity index (χ0v) is 26.0. The van der Waals surface area contributed by atoms with Gasteiger partial charge in [0.2, 0.25) is 0 Å². The van der Waals surface area contributed by atoms with Gasteiger partial charge in [-0.25, -0.2) is 17.6 Å². The first-order chi connectivity index (χ1) is 17.5. The predicted octanol–water partition coefficient (Wildman–Crippen LogP) is 5.60. The van der Waals surface area contributed by atoms with Crippen molar-refractivity contribution in [2.45, 2.75) is 117 Å². The van der Waals surface area contributed by atoms with Crippen LogP contribution in [-0.4, -0.2) is 133 Å². The van der Waals surface area contributed by atoms with E-state index in [2.05, 4.69) is 49.4 Å². The molecule has 4 heterocycles. The Morgan fingerprint density at radius 3 is 1.11 bits per heavy atom. The maximum absolute atomic E-state index is 12.5. The van der Waals surface area contributed by atoms with Crippen LogP contribution in [0.4, 0.5) is 17.6 Å². The fraction of sp³-hybridized carbons (Fsp3) is 1.00. The predicted molar refractivity (Wildman–Crippen MR) is 153 cm³/mol. The summed E-state index contributed by atoms with van der Waals surface area (Å²) in [6.07, 6.45) is 4.31. The van der Waals surface area contributed by atoms with E-state index in [0.29, 0.717) is 6.54 Å². The fourth-order valence-corrected chi connectivity index (χ4v) is 4.89. The van der Waals surface area contributed by atoms with Crippen LogP contribution in [0.1, 0.15) is 81.1 Å². The molecule has 0 unspecified atom stereocenters. The summed E-state index contributed by atoms with van der Waals surface area (Å²) in [5.41, 5.74) is 0. The van der Waals surface area contributed by atoms with Crippen LogP contribution in [0.5, 0.6) is 0 Å². The number of nitrogens with zero attached hydrogens (tertiary/aromatic N) is 5. The lowest BCUT2D eigenvalue weighted by Crippen LogP contribution is -2.58. The average Bonchev–Trinajstić information content (AvgIpc) is 3.19. The molecule has 0 aromatic rings. The van der Waals surface area contributed by atoms with E-state index in [1.165, 1.54) is 58.5 Å². The Morgan fingerprint density at radius 1 is 0.447 bits per heavy atom. The van der Waals surface area contributed by atoms with Gasteiger partial charge in [-0.15, -0.1) is 0 Å². The summed E-state index contributed by atoms with van der Waals surface area (Å²) in [5, 5.41) is 0. The molecule has 0 saturated carbocycles. The van der Waals surface area contributed by atoms with Gasteiger partial charge in [-0.3, -0.25) is 14.7 Å². The minimum absolute atomic E-state index is 0.0329. The average molecular weight is 554 g/mol. The minimum Gasteiger partial charge on any atom is -0.304 e. The van der Waals surface area contributed by atoms with Gasteiger partial charge >= 0.3 is 0 Å². The Labute approximate surface area is 231 Å². The third-order valence-corrected chi connectivity index (χ3v) is 7.92. The molecule has 0 bridgehead atoms. The van der Waals surface area contributed by atoms with E-state index in [1.807, 2.05) is 27.7 Å². The van der Waals surface area contributed by atoms with Gasteiger partial charge in [0, 0.05) is 63.3 Å². The van der Waals surface area contributed by atoms with Crippen LogP contribution in [0.2, 0.25) is 0 Å². The van der Waals surface area contributed by atoms with Crippen LogP contribution in [-0.2, 0) is 0 Å². The smallest absolute Gasteiger partial charge is 0.272 e. The Kier molecular flexibility index (Phi) is 15.6. The molecule has 4 rings (SSSR count). The molecule has 0 amide bonds. The van der Waals surface area contributed by atoms with E-state index in [4.69, 9.17) is 0 Å². The Morgan fingerprint density at radius 2 is 0.842 bits per heavy atom. The quantitative estimate of drug-likeness (QED) is 0.420. The second-order valence-electron chi connectivity index (χ2n) is 12.6. The van der Waals surface area contributed by atoms with Gasteiger partial charge in [-0.05, 0) is 88.4 Å². The lowest BCUT2D eigenvalue weighted by Gasteiger charge is -2.41. The highest BCUT2D eigenvalue weighted by molar-refractivity contribution is 4.88. The van der Waals surface area contributed by atoms with Crippen LogP contribution in [0.15, 0.2) is 0 Å². The third kappa shape index (κ3) is 14.2. The van der Waals surface area contributed by atoms with Gasteiger partial charge in [-0.1, -0.05) is 6.42 Å². The fourth-order valence-electron chi connectivity index (χ4n) is 4.89. The number of hydrogen-bond acceptors (Lipinski definition) is 5. The molecule has 9 heteroatoms. The second-order valence-corrected chi connectivity index (χ2v) is 12.6. The van der Waals surface area contributed by atoms with Gasteiger partial charge in [0.1, 0.15) is 0 Å². The summed E-state index contributed by atoms with van der Waals surface area (Å²) < 4.78 is 49.2. The summed E-state index contributed by atoms with van der Waals surface area (Å²) >= 11 is 0. The monoisotopic (exact) mass is 553 g/mol. The summed E-state index contributed by atoms with van der Waals surface area (Å²) in [7, 11) is 2.19. The van der Waals surface area contributed by atoms with Crippen molar-refractivity contribution in [1.29, 1.82) is 0 Å². The molecular formula is C29H59F4N5. The molecule has 4 fully saturated rings. The molecule has 38 heavy (non-hydrogen) atoms. The molecule has 0 radical (unpaired) electrons. The molecule has 5 nitrogen and oxygen atoms in total. The number of likely N-dealkylation sites (tertiary alicyclic amines) is 3. The molecule has 0 spiro atoms. The lowest BCUT2D eigenvalue weighted by atomic mass is 10.1. The van der Waals surface area contributed by atoms with Gasteiger partial charge in [0.05, 0.1) is 19.6 Å². The molecule has 4 saturated heterocycles. The summed E-state index contributed by atoms with van der Waals surface area (Å²) in [6, 6.07) is 2.02. The van der Waals surface area contributed by atoms with Crippen LogP contribution in [0.25, 0.3) is 0 Å². The summed E-state index contributed by atoms with van der Waals surface area (Å²) in [4.78, 5) is 11.0. The SMILES string of the molecule is CC(C)N1CC(F)(F)C1.CC(C)N1CCC(F)(F)C1.CC(C)N1CCCCC1.CC(C)N1CCN(C)CC1. The maximum atomic E-state index is 12.5. The van der Waals surface area contributed by atoms with E-state index in [9.17, 15) is 17.6 Å². The van der Waals surface area contributed by atoms with Gasteiger partial charge in [0.15, 0.2) is 0 Å². The summed E-state index contributed by atoms with van der Waals surface area (Å²) in [6.45, 7) is 24.9. The molecule has 228 valence electrons. The standard InChI is InChI=1S/C8H18N2.C8H17N.C7H13F2N.C6H11F2N/c1-8(2)10-6-4-9(3)5-7-10;1-8(2)9-6-4-3-5-7-9;1-6(2)10-4-3-7(8,9)5-10;1-5(2)9-3-6(7,8)4-9/h8H,4-7H2,1-3H3;8H,3-7H2,1-2H3;6H,3-5H2,1-2H3;5H,3-4H2,1-2H3. The molecule has 4 aliphatic heterocycles. The number of likely N-dealkylation sites (N-methyl/N-ethyl adjacent to an activating group) is 1. The molecule has 4 aliphatic rings. The van der Waals surface area contributed by atoms with Crippen LogP contribution >= 0.6 is 0 Å². The number of piperidine rings is 1. The Hall–Kier alpha value is -0.480. The molecule has 0 aromatic carbocycles. The van der Waals surface area contributed by atoms with E-state index in [1.54, 1.807) is 9.80 Å². The van der Waals surface area contributed by atoms with E-state index in [0.717, 1.165) is 12.1 Å². The van der Waals surface area contributed by atoms with Gasteiger partial charge in [-0.2, -0.15) is 0 Å². The first-order valence-electron chi connectivity index (χ1n) is 14.9. The first-order valence-corrected chi connectivity index (χ1v) is 14.9. The van der Waals surface area contributed by atoms with Crippen LogP contribution in [0.3, 0.4) is 0 Å². The second kappa shape index (κ2) is 16.7. The third-order valence-electron chi connectivity index (χ3n) is 7.92. The number of piperazine rings is 1. The Bertz CT molecular complexity index is 608. The minimum atomic E-state index is -2.43. The topological polar surface area (TPSA) is 16.2 Å². The highest BCUT2D eigenvalue weighted by atomic mass is 19.3. The molecule has 0 aromatic heterocycles. The molecular weight excluding hydrogens is 494 g/mol. The molecule has 0 N–H and O–H groups in total. The normalized spacial score (nSPS) is 24.9. The number of alkyl halides is 4. The van der Waals surface area contributed by atoms with E-state index in [-0.39, 0.29) is 38.1 Å². The van der Waals surface area contributed by atoms with Crippen molar-refractivity contribution in [3.05, 3.63) is 0 Å². The van der Waals surface area contributed by atoms with Crippen molar-refractivity contribution in [2.24, 2.45) is 0 Å². The van der Waals surface area contributed by atoms with E-state index < -0.39 is 11.8 Å². The molecule has 0 aliphatic carbocycles. The number of rotatable bonds is 4. The lowest BCUT2D eigenvalue weighted by molar-refractivity contribution is -0.141. The van der Waals surface area contributed by atoms with Gasteiger partial charge in [0.25, 0.3) is 11.8 Å². The molecule has 0 atom stereocenters. The van der Waals surface area contributed by atoms with Crippen molar-refractivity contribution in [3.8, 4) is 0 Å². The maximum Gasteiger partial charge on any atom is 0.272 e. The van der Waals surface area contributed by atoms with E-state index >= 15 is 0 Å². The Balaban J connectivity index is 0.000000254. The highest BCUT2D eigenvalue weighted by Crippen LogP contribution is 2.28. The number of halogens is 4. The van der Waals surface area contributed by atoms with Crippen molar-refractivity contribution in [2.75, 3.05) is 72.5 Å². The van der Waals surface area contributed by atoms with Crippen molar-refractivity contribution >= 4 is 0 Å². The van der Waals surface area contributed by atoms with Crippen LogP contribution in [0, 0.1) is 0 Å². The van der Waals surface area contributed by atoms with Crippen molar-refractivity contribution < 1.29 is 17.6 Å². The largest absolute Gasteiger partial charge is 0.304 e. The zero-order chi connectivity index (χ0) is 29.1. The van der Waals surface area contributed by atoms with Gasteiger partial charge < -0.3 is 9.80 Å². The zero-order valence-electron chi connectivity index (χ0n) is 26.0. The van der Waals surface area contributed by atoms with Crippen molar-refractivity contribution in [3.63, 3.8) is 0 Å². The van der Waals surface area contributed by atoms with Crippen molar-refractivity contribution in [1.82, 2.24) is 24.5 Å². The summed E-state index contributed by atoms with van der Waals surface area (Å²) in [5.74, 6) is -4.82. The first kappa shape index (κ1) is 35.5. The van der Waals surface area contributed by atoms with Crippen LogP contribution < -0.4 is 0 Å². The number of hydrogen-bond donors (Lipinski definition) is 0. The highest BCUT2D eigenvalue weighted by Gasteiger charge is 2.44.